The quantitative estimate of drug-likeness (QED) is 0.475. The van der Waals surface area contributed by atoms with Gasteiger partial charge in [-0.3, -0.25) is 9.59 Å². The van der Waals surface area contributed by atoms with E-state index in [1.54, 1.807) is 12.0 Å². The minimum absolute atomic E-state index is 0.124. The number of amides is 2. The molecule has 0 bridgehead atoms. The predicted molar refractivity (Wildman–Crippen MR) is 131 cm³/mol. The molecule has 33 heavy (non-hydrogen) atoms. The van der Waals surface area contributed by atoms with Crippen molar-refractivity contribution in [2.24, 2.45) is 0 Å². The molecule has 5 nitrogen and oxygen atoms in total. The van der Waals surface area contributed by atoms with Crippen LogP contribution in [0.25, 0.3) is 0 Å². The van der Waals surface area contributed by atoms with Gasteiger partial charge in [-0.25, -0.2) is 0 Å². The molecule has 1 saturated carbocycles. The molecule has 1 aliphatic carbocycles. The van der Waals surface area contributed by atoms with E-state index in [0.717, 1.165) is 42.6 Å². The maximum absolute atomic E-state index is 13.7. The molecule has 0 radical (unpaired) electrons. The van der Waals surface area contributed by atoms with Crippen LogP contribution in [0.5, 0.6) is 5.75 Å². The van der Waals surface area contributed by atoms with Crippen LogP contribution in [0.15, 0.2) is 72.1 Å². The minimum Gasteiger partial charge on any atom is -0.497 e. The van der Waals surface area contributed by atoms with Gasteiger partial charge in [0.05, 0.1) is 12.0 Å². The molecular formula is C27H30N2O3S. The van der Waals surface area contributed by atoms with Crippen LogP contribution in [-0.4, -0.2) is 29.9 Å². The second-order valence-corrected chi connectivity index (χ2v) is 9.37. The van der Waals surface area contributed by atoms with E-state index in [1.165, 1.54) is 17.8 Å². The van der Waals surface area contributed by atoms with Crippen LogP contribution >= 0.6 is 11.3 Å². The standard InChI is InChI=1S/C27H30N2O3S/c1-32-23-15-8-10-20(18-23)19-29(27(31)24-16-9-17-33-24)25(21-11-4-2-5-12-21)26(30)28-22-13-6-3-7-14-22/h2,4-5,8-12,15-18,22,25H,3,6-7,13-14,19H2,1H3,(H,28,30)/t25-/m1/s1. The topological polar surface area (TPSA) is 58.6 Å². The lowest BCUT2D eigenvalue weighted by atomic mass is 9.94. The molecule has 2 amide bonds. The average Bonchev–Trinajstić information content (AvgIpc) is 3.40. The molecular weight excluding hydrogens is 432 g/mol. The summed E-state index contributed by atoms with van der Waals surface area (Å²) in [6.07, 6.45) is 5.45. The maximum Gasteiger partial charge on any atom is 0.265 e. The third-order valence-electron chi connectivity index (χ3n) is 6.11. The number of nitrogens with one attached hydrogen (secondary N) is 1. The lowest BCUT2D eigenvalue weighted by molar-refractivity contribution is -0.127. The highest BCUT2D eigenvalue weighted by Crippen LogP contribution is 2.29. The highest BCUT2D eigenvalue weighted by molar-refractivity contribution is 7.12. The van der Waals surface area contributed by atoms with Crippen LogP contribution < -0.4 is 10.1 Å². The molecule has 1 fully saturated rings. The molecule has 1 atom stereocenters. The van der Waals surface area contributed by atoms with Gasteiger partial charge in [-0.1, -0.05) is 67.8 Å². The molecule has 3 aromatic rings. The Kier molecular flexibility index (Phi) is 7.79. The summed E-state index contributed by atoms with van der Waals surface area (Å²) in [4.78, 5) is 29.7. The van der Waals surface area contributed by atoms with Crippen LogP contribution in [0.3, 0.4) is 0 Å². The lowest BCUT2D eigenvalue weighted by Crippen LogP contribution is -2.46. The molecule has 4 rings (SSSR count). The van der Waals surface area contributed by atoms with E-state index in [1.807, 2.05) is 72.1 Å². The number of methoxy groups -OCH3 is 1. The van der Waals surface area contributed by atoms with Gasteiger partial charge in [0.15, 0.2) is 0 Å². The van der Waals surface area contributed by atoms with Crippen LogP contribution in [0.1, 0.15) is 58.9 Å². The molecule has 1 aromatic heterocycles. The van der Waals surface area contributed by atoms with Crippen molar-refractivity contribution in [3.8, 4) is 5.75 Å². The van der Waals surface area contributed by atoms with E-state index in [2.05, 4.69) is 5.32 Å². The molecule has 0 unspecified atom stereocenters. The number of carbonyl (C=O) groups is 2. The normalized spacial score (nSPS) is 14.9. The lowest BCUT2D eigenvalue weighted by Gasteiger charge is -2.33. The Labute approximate surface area is 199 Å². The van der Waals surface area contributed by atoms with E-state index in [9.17, 15) is 9.59 Å². The predicted octanol–water partition coefficient (Wildman–Crippen LogP) is 5.59. The van der Waals surface area contributed by atoms with Gasteiger partial charge in [0.25, 0.3) is 5.91 Å². The van der Waals surface area contributed by atoms with E-state index < -0.39 is 6.04 Å². The summed E-state index contributed by atoms with van der Waals surface area (Å²) in [6.45, 7) is 0.297. The molecule has 0 saturated heterocycles. The van der Waals surface area contributed by atoms with Crippen LogP contribution in [-0.2, 0) is 11.3 Å². The first-order valence-corrected chi connectivity index (χ1v) is 12.4. The zero-order valence-corrected chi connectivity index (χ0v) is 19.7. The molecule has 2 aromatic carbocycles. The van der Waals surface area contributed by atoms with E-state index >= 15 is 0 Å². The van der Waals surface area contributed by atoms with Gasteiger partial charge in [0, 0.05) is 12.6 Å². The number of benzene rings is 2. The van der Waals surface area contributed by atoms with E-state index in [4.69, 9.17) is 4.74 Å². The Morgan fingerprint density at radius 2 is 1.82 bits per heavy atom. The van der Waals surface area contributed by atoms with Crippen molar-refractivity contribution >= 4 is 23.2 Å². The fourth-order valence-electron chi connectivity index (χ4n) is 4.42. The van der Waals surface area contributed by atoms with Crippen molar-refractivity contribution in [2.45, 2.75) is 50.7 Å². The van der Waals surface area contributed by atoms with Gasteiger partial charge >= 0.3 is 0 Å². The Hall–Kier alpha value is -3.12. The first kappa shape index (κ1) is 23.1. The number of ether oxygens (including phenoxy) is 1. The highest BCUT2D eigenvalue weighted by Gasteiger charge is 2.33. The second-order valence-electron chi connectivity index (χ2n) is 8.42. The number of rotatable bonds is 8. The average molecular weight is 463 g/mol. The van der Waals surface area contributed by atoms with Gasteiger partial charge < -0.3 is 15.0 Å². The Balaban J connectivity index is 1.71. The highest BCUT2D eigenvalue weighted by atomic mass is 32.1. The molecule has 1 aliphatic rings. The smallest absolute Gasteiger partial charge is 0.265 e. The Morgan fingerprint density at radius 3 is 2.52 bits per heavy atom. The molecule has 0 aliphatic heterocycles. The third-order valence-corrected chi connectivity index (χ3v) is 6.96. The Bertz CT molecular complexity index is 1050. The van der Waals surface area contributed by atoms with Crippen molar-refractivity contribution in [3.63, 3.8) is 0 Å². The van der Waals surface area contributed by atoms with Crippen molar-refractivity contribution < 1.29 is 14.3 Å². The number of hydrogen-bond acceptors (Lipinski definition) is 4. The second kappa shape index (κ2) is 11.1. The number of carbonyl (C=O) groups excluding carboxylic acids is 2. The SMILES string of the molecule is COc1cccc(CN(C(=O)c2cccs2)[C@@H](C(=O)NC2CCCCC2)c2ccccc2)c1. The fraction of sp³-hybridized carbons (Fsp3) is 0.333. The van der Waals surface area contributed by atoms with Gasteiger partial charge in [0.2, 0.25) is 5.91 Å². The fourth-order valence-corrected chi connectivity index (χ4v) is 5.10. The van der Waals surface area contributed by atoms with Gasteiger partial charge in [-0.2, -0.15) is 0 Å². The summed E-state index contributed by atoms with van der Waals surface area (Å²) in [5.41, 5.74) is 1.71. The number of nitrogens with zero attached hydrogens (tertiary/aromatic N) is 1. The zero-order chi connectivity index (χ0) is 23.0. The summed E-state index contributed by atoms with van der Waals surface area (Å²) in [7, 11) is 1.62. The molecule has 1 heterocycles. The molecule has 1 N–H and O–H groups in total. The summed E-state index contributed by atoms with van der Waals surface area (Å²) < 4.78 is 5.38. The summed E-state index contributed by atoms with van der Waals surface area (Å²) in [5, 5.41) is 5.14. The number of thiophene rings is 1. The zero-order valence-electron chi connectivity index (χ0n) is 18.9. The minimum atomic E-state index is -0.728. The first-order chi connectivity index (χ1) is 16.2. The van der Waals surface area contributed by atoms with Crippen LogP contribution in [0.4, 0.5) is 0 Å². The molecule has 172 valence electrons. The van der Waals surface area contributed by atoms with Crippen LogP contribution in [0.2, 0.25) is 0 Å². The summed E-state index contributed by atoms with van der Waals surface area (Å²) >= 11 is 1.39. The Morgan fingerprint density at radius 1 is 1.03 bits per heavy atom. The summed E-state index contributed by atoms with van der Waals surface area (Å²) in [5.74, 6) is 0.445. The van der Waals surface area contributed by atoms with Crippen molar-refractivity contribution in [3.05, 3.63) is 88.1 Å². The van der Waals surface area contributed by atoms with Crippen molar-refractivity contribution in [1.82, 2.24) is 10.2 Å². The largest absolute Gasteiger partial charge is 0.497 e. The first-order valence-electron chi connectivity index (χ1n) is 11.5. The number of hydrogen-bond donors (Lipinski definition) is 1. The summed E-state index contributed by atoms with van der Waals surface area (Å²) in [6, 6.07) is 20.3. The van der Waals surface area contributed by atoms with Gasteiger partial charge in [-0.05, 0) is 47.5 Å². The molecule has 6 heteroatoms. The van der Waals surface area contributed by atoms with E-state index in [-0.39, 0.29) is 17.9 Å². The van der Waals surface area contributed by atoms with Gasteiger partial charge in [-0.15, -0.1) is 11.3 Å². The van der Waals surface area contributed by atoms with Crippen molar-refractivity contribution in [2.75, 3.05) is 7.11 Å². The monoisotopic (exact) mass is 462 g/mol. The van der Waals surface area contributed by atoms with E-state index in [0.29, 0.717) is 11.4 Å². The molecule has 0 spiro atoms. The van der Waals surface area contributed by atoms with Gasteiger partial charge in [0.1, 0.15) is 11.8 Å². The van der Waals surface area contributed by atoms with Crippen molar-refractivity contribution in [1.29, 1.82) is 0 Å². The van der Waals surface area contributed by atoms with Crippen LogP contribution in [0, 0.1) is 0 Å². The maximum atomic E-state index is 13.7. The third kappa shape index (κ3) is 5.82.